The van der Waals surface area contributed by atoms with Crippen molar-refractivity contribution in [2.45, 2.75) is 13.8 Å². The SMILES string of the molecule is C=CC(=O)OCCOc1ccc(C#Cc2ccc3cc(-c4cc5ccc(C#Cc6ccc(OCCOC(=O)C=C)cc6)cc5cc4C)c(C)cc3c2)cc1. The van der Waals surface area contributed by atoms with Crippen molar-refractivity contribution in [3.05, 3.63) is 168 Å². The standard InChI is InChI=1S/C48H38O6/c1-5-47(49)53-25-23-51-43-19-13-35(14-20-43)7-9-37-11-17-39-31-45(33(3)27-41(39)29-37)46-32-40-18-12-38(30-42(40)28-34(46)4)10-8-36-15-21-44(22-16-36)52-24-26-54-48(50)6-2/h5-6,11-22,27-32H,1-2,23-26H2,3-4H3. The van der Waals surface area contributed by atoms with Crippen molar-refractivity contribution < 1.29 is 28.5 Å². The van der Waals surface area contributed by atoms with Crippen molar-refractivity contribution in [2.75, 3.05) is 26.4 Å². The van der Waals surface area contributed by atoms with Crippen LogP contribution in [-0.2, 0) is 19.1 Å². The maximum atomic E-state index is 11.1. The Kier molecular flexibility index (Phi) is 11.9. The Morgan fingerprint density at radius 1 is 0.481 bits per heavy atom. The first-order valence-corrected chi connectivity index (χ1v) is 17.5. The summed E-state index contributed by atoms with van der Waals surface area (Å²) < 4.78 is 21.1. The lowest BCUT2D eigenvalue weighted by atomic mass is 9.91. The molecule has 0 radical (unpaired) electrons. The fraction of sp³-hybridized carbons (Fsp3) is 0.125. The van der Waals surface area contributed by atoms with E-state index >= 15 is 0 Å². The van der Waals surface area contributed by atoms with Crippen molar-refractivity contribution in [3.8, 4) is 46.3 Å². The van der Waals surface area contributed by atoms with Crippen LogP contribution in [0.4, 0.5) is 0 Å². The van der Waals surface area contributed by atoms with Gasteiger partial charge in [0.15, 0.2) is 0 Å². The van der Waals surface area contributed by atoms with Crippen LogP contribution in [0.5, 0.6) is 11.5 Å². The summed E-state index contributed by atoms with van der Waals surface area (Å²) in [7, 11) is 0. The van der Waals surface area contributed by atoms with E-state index in [4.69, 9.17) is 18.9 Å². The summed E-state index contributed by atoms with van der Waals surface area (Å²) in [5.74, 6) is 13.5. The normalized spacial score (nSPS) is 10.3. The van der Waals surface area contributed by atoms with Gasteiger partial charge >= 0.3 is 11.9 Å². The molecular weight excluding hydrogens is 673 g/mol. The van der Waals surface area contributed by atoms with Crippen LogP contribution in [0.1, 0.15) is 33.4 Å². The molecule has 0 aliphatic carbocycles. The molecule has 0 N–H and O–H groups in total. The molecule has 0 atom stereocenters. The first kappa shape index (κ1) is 36.8. The third-order valence-corrected chi connectivity index (χ3v) is 8.59. The molecule has 0 aliphatic heterocycles. The molecule has 266 valence electrons. The summed E-state index contributed by atoms with van der Waals surface area (Å²) in [5.41, 5.74) is 8.42. The van der Waals surface area contributed by atoms with Crippen LogP contribution in [0.2, 0.25) is 0 Å². The van der Waals surface area contributed by atoms with E-state index in [2.05, 4.69) is 111 Å². The zero-order valence-corrected chi connectivity index (χ0v) is 30.2. The first-order chi connectivity index (χ1) is 26.3. The number of fused-ring (bicyclic) bond motifs is 2. The van der Waals surface area contributed by atoms with Crippen molar-refractivity contribution in [1.29, 1.82) is 0 Å². The van der Waals surface area contributed by atoms with E-state index in [-0.39, 0.29) is 26.4 Å². The number of benzene rings is 6. The zero-order chi connectivity index (χ0) is 37.9. The molecule has 0 spiro atoms. The molecule has 54 heavy (non-hydrogen) atoms. The van der Waals surface area contributed by atoms with Gasteiger partial charge in [0.1, 0.15) is 37.9 Å². The maximum Gasteiger partial charge on any atom is 0.330 e. The molecule has 6 aromatic carbocycles. The summed E-state index contributed by atoms with van der Waals surface area (Å²) >= 11 is 0. The lowest BCUT2D eigenvalue weighted by molar-refractivity contribution is -0.139. The molecule has 6 aromatic rings. The number of aryl methyl sites for hydroxylation is 2. The summed E-state index contributed by atoms with van der Waals surface area (Å²) in [6.07, 6.45) is 2.25. The van der Waals surface area contributed by atoms with Crippen LogP contribution >= 0.6 is 0 Å². The van der Waals surface area contributed by atoms with Crippen LogP contribution in [0.3, 0.4) is 0 Å². The monoisotopic (exact) mass is 710 g/mol. The van der Waals surface area contributed by atoms with Gasteiger partial charge in [-0.3, -0.25) is 0 Å². The molecule has 0 bridgehead atoms. The highest BCUT2D eigenvalue weighted by Gasteiger charge is 2.10. The van der Waals surface area contributed by atoms with Crippen molar-refractivity contribution in [3.63, 3.8) is 0 Å². The van der Waals surface area contributed by atoms with Gasteiger partial charge in [0.05, 0.1) is 0 Å². The van der Waals surface area contributed by atoms with E-state index in [1.165, 1.54) is 22.3 Å². The molecule has 0 heterocycles. The number of esters is 2. The quantitative estimate of drug-likeness (QED) is 0.0578. The fourth-order valence-electron chi connectivity index (χ4n) is 5.84. The third kappa shape index (κ3) is 9.64. The lowest BCUT2D eigenvalue weighted by Crippen LogP contribution is -2.10. The Balaban J connectivity index is 1.11. The van der Waals surface area contributed by atoms with Crippen LogP contribution in [0, 0.1) is 37.5 Å². The average molecular weight is 711 g/mol. The van der Waals surface area contributed by atoms with Gasteiger partial charge in [-0.1, -0.05) is 61.1 Å². The highest BCUT2D eigenvalue weighted by molar-refractivity contribution is 5.94. The van der Waals surface area contributed by atoms with Crippen molar-refractivity contribution in [2.24, 2.45) is 0 Å². The summed E-state index contributed by atoms with van der Waals surface area (Å²) in [6, 6.07) is 36.7. The molecule has 0 saturated heterocycles. The van der Waals surface area contributed by atoms with E-state index in [9.17, 15) is 9.59 Å². The number of hydrogen-bond acceptors (Lipinski definition) is 6. The van der Waals surface area contributed by atoms with Gasteiger partial charge < -0.3 is 18.9 Å². The number of carbonyl (C=O) groups is 2. The van der Waals surface area contributed by atoms with Gasteiger partial charge in [-0.25, -0.2) is 9.59 Å². The average Bonchev–Trinajstić information content (AvgIpc) is 3.19. The van der Waals surface area contributed by atoms with E-state index in [0.29, 0.717) is 11.5 Å². The van der Waals surface area contributed by atoms with E-state index < -0.39 is 11.9 Å². The van der Waals surface area contributed by atoms with Gasteiger partial charge in [-0.2, -0.15) is 0 Å². The minimum atomic E-state index is -0.468. The summed E-state index contributed by atoms with van der Waals surface area (Å²) in [4.78, 5) is 22.3. The van der Waals surface area contributed by atoms with Gasteiger partial charge in [-0.05, 0) is 143 Å². The molecule has 0 aromatic heterocycles. The van der Waals surface area contributed by atoms with Gasteiger partial charge in [0, 0.05) is 34.4 Å². The molecular formula is C48H38O6. The van der Waals surface area contributed by atoms with Crippen LogP contribution in [0.15, 0.2) is 135 Å². The Morgan fingerprint density at radius 3 is 1.24 bits per heavy atom. The van der Waals surface area contributed by atoms with E-state index in [1.54, 1.807) is 0 Å². The highest BCUT2D eigenvalue weighted by atomic mass is 16.6. The second-order valence-corrected chi connectivity index (χ2v) is 12.4. The summed E-state index contributed by atoms with van der Waals surface area (Å²) in [5, 5.41) is 4.58. The van der Waals surface area contributed by atoms with Crippen molar-refractivity contribution in [1.82, 2.24) is 0 Å². The second-order valence-electron chi connectivity index (χ2n) is 12.4. The second kappa shape index (κ2) is 17.5. The van der Waals surface area contributed by atoms with Crippen molar-refractivity contribution >= 4 is 33.5 Å². The number of ether oxygens (including phenoxy) is 4. The first-order valence-electron chi connectivity index (χ1n) is 17.5. The minimum Gasteiger partial charge on any atom is -0.490 e. The van der Waals surface area contributed by atoms with E-state index in [1.807, 2.05) is 48.5 Å². The summed E-state index contributed by atoms with van der Waals surface area (Å²) in [6.45, 7) is 11.9. The molecule has 0 amide bonds. The fourth-order valence-corrected chi connectivity index (χ4v) is 5.84. The lowest BCUT2D eigenvalue weighted by Gasteiger charge is -2.13. The third-order valence-electron chi connectivity index (χ3n) is 8.59. The predicted molar refractivity (Wildman–Crippen MR) is 215 cm³/mol. The smallest absolute Gasteiger partial charge is 0.330 e. The topological polar surface area (TPSA) is 71.1 Å². The molecule has 0 saturated carbocycles. The molecule has 0 unspecified atom stereocenters. The van der Waals surface area contributed by atoms with E-state index in [0.717, 1.165) is 56.0 Å². The van der Waals surface area contributed by atoms with Gasteiger partial charge in [-0.15, -0.1) is 0 Å². The molecule has 0 aliphatic rings. The Labute approximate surface area is 315 Å². The predicted octanol–water partition coefficient (Wildman–Crippen LogP) is 9.29. The largest absolute Gasteiger partial charge is 0.490 e. The maximum absolute atomic E-state index is 11.1. The zero-order valence-electron chi connectivity index (χ0n) is 30.2. The molecule has 6 heteroatoms. The minimum absolute atomic E-state index is 0.159. The highest BCUT2D eigenvalue weighted by Crippen LogP contribution is 2.34. The van der Waals surface area contributed by atoms with Crippen LogP contribution < -0.4 is 9.47 Å². The van der Waals surface area contributed by atoms with Crippen LogP contribution in [0.25, 0.3) is 32.7 Å². The van der Waals surface area contributed by atoms with Gasteiger partial charge in [0.25, 0.3) is 0 Å². The van der Waals surface area contributed by atoms with Gasteiger partial charge in [0.2, 0.25) is 0 Å². The molecule has 6 rings (SSSR count). The Morgan fingerprint density at radius 2 is 0.852 bits per heavy atom. The molecule has 0 fully saturated rings. The molecule has 6 nitrogen and oxygen atoms in total. The Bertz CT molecular complexity index is 2310. The Hall–Kier alpha value is -7.02. The number of hydrogen-bond donors (Lipinski definition) is 0. The number of carbonyl (C=O) groups excluding carboxylic acids is 2. The van der Waals surface area contributed by atoms with Crippen LogP contribution in [-0.4, -0.2) is 38.4 Å². The number of rotatable bonds is 11.